The van der Waals surface area contributed by atoms with E-state index in [0.717, 1.165) is 32.7 Å². The Morgan fingerprint density at radius 1 is 0.828 bits per heavy atom. The summed E-state index contributed by atoms with van der Waals surface area (Å²) in [6.45, 7) is 8.69. The Balaban J connectivity index is 1.20. The SMILES string of the molecule is O=C(C[NH+]1CC[NH+](Cc2ccccc2)CC1)N1CCN(c2ccccc2F)CC1. The molecule has 2 N–H and O–H groups in total. The number of hydrogen-bond donors (Lipinski definition) is 2. The lowest BCUT2D eigenvalue weighted by molar-refractivity contribution is -1.02. The number of piperazine rings is 2. The first-order valence-corrected chi connectivity index (χ1v) is 10.7. The topological polar surface area (TPSA) is 32.4 Å². The van der Waals surface area contributed by atoms with Crippen molar-refractivity contribution in [1.82, 2.24) is 4.90 Å². The Morgan fingerprint density at radius 3 is 2.14 bits per heavy atom. The predicted octanol–water partition coefficient (Wildman–Crippen LogP) is -0.542. The molecule has 0 aliphatic carbocycles. The highest BCUT2D eigenvalue weighted by Gasteiger charge is 2.28. The number of halogens is 1. The average Bonchev–Trinajstić information content (AvgIpc) is 2.76. The number of carbonyl (C=O) groups excluding carboxylic acids is 1. The number of quaternary nitrogens is 2. The molecule has 4 rings (SSSR count). The smallest absolute Gasteiger partial charge is 0.277 e. The summed E-state index contributed by atoms with van der Waals surface area (Å²) in [5.41, 5.74) is 2.03. The average molecular weight is 399 g/mol. The fourth-order valence-corrected chi connectivity index (χ4v) is 4.43. The van der Waals surface area contributed by atoms with Gasteiger partial charge in [0.2, 0.25) is 0 Å². The Bertz CT molecular complexity index is 800. The number of anilines is 1. The summed E-state index contributed by atoms with van der Waals surface area (Å²) in [4.78, 5) is 19.7. The van der Waals surface area contributed by atoms with Crippen molar-refractivity contribution in [2.75, 3.05) is 63.8 Å². The highest BCUT2D eigenvalue weighted by Crippen LogP contribution is 2.20. The van der Waals surface area contributed by atoms with E-state index >= 15 is 0 Å². The molecule has 0 saturated carbocycles. The van der Waals surface area contributed by atoms with Crippen molar-refractivity contribution in [2.24, 2.45) is 0 Å². The summed E-state index contributed by atoms with van der Waals surface area (Å²) < 4.78 is 14.0. The van der Waals surface area contributed by atoms with Crippen molar-refractivity contribution in [2.45, 2.75) is 6.54 Å². The Labute approximate surface area is 172 Å². The number of nitrogens with one attached hydrogen (secondary N) is 2. The number of hydrogen-bond acceptors (Lipinski definition) is 2. The maximum atomic E-state index is 14.0. The van der Waals surface area contributed by atoms with Crippen molar-refractivity contribution in [3.8, 4) is 0 Å². The minimum Gasteiger partial charge on any atom is -0.366 e. The third kappa shape index (κ3) is 5.14. The molecule has 0 radical (unpaired) electrons. The molecule has 2 aromatic rings. The van der Waals surface area contributed by atoms with Crippen LogP contribution in [0, 0.1) is 5.82 Å². The largest absolute Gasteiger partial charge is 0.366 e. The molecule has 1 amide bonds. The van der Waals surface area contributed by atoms with E-state index < -0.39 is 0 Å². The van der Waals surface area contributed by atoms with Gasteiger partial charge in [0, 0.05) is 31.7 Å². The monoisotopic (exact) mass is 398 g/mol. The van der Waals surface area contributed by atoms with Gasteiger partial charge in [-0.25, -0.2) is 4.39 Å². The van der Waals surface area contributed by atoms with Gasteiger partial charge < -0.3 is 19.6 Å². The zero-order valence-electron chi connectivity index (χ0n) is 16.9. The molecular formula is C23H31FN4O+2. The van der Waals surface area contributed by atoms with E-state index in [1.165, 1.54) is 16.5 Å². The van der Waals surface area contributed by atoms with Gasteiger partial charge in [-0.3, -0.25) is 4.79 Å². The first-order chi connectivity index (χ1) is 14.2. The summed E-state index contributed by atoms with van der Waals surface area (Å²) in [5.74, 6) is 0.0484. The predicted molar refractivity (Wildman–Crippen MR) is 112 cm³/mol. The van der Waals surface area contributed by atoms with Gasteiger partial charge in [0.15, 0.2) is 6.54 Å². The minimum absolute atomic E-state index is 0.187. The molecule has 2 aromatic carbocycles. The van der Waals surface area contributed by atoms with Crippen molar-refractivity contribution >= 4 is 11.6 Å². The van der Waals surface area contributed by atoms with Crippen LogP contribution in [0.25, 0.3) is 0 Å². The van der Waals surface area contributed by atoms with Gasteiger partial charge in [-0.2, -0.15) is 0 Å². The molecular weight excluding hydrogens is 367 g/mol. The zero-order chi connectivity index (χ0) is 20.1. The van der Waals surface area contributed by atoms with Gasteiger partial charge >= 0.3 is 0 Å². The molecule has 29 heavy (non-hydrogen) atoms. The maximum Gasteiger partial charge on any atom is 0.277 e. The van der Waals surface area contributed by atoms with E-state index in [-0.39, 0.29) is 11.7 Å². The van der Waals surface area contributed by atoms with Crippen LogP contribution in [0.15, 0.2) is 54.6 Å². The second-order valence-corrected chi connectivity index (χ2v) is 8.16. The molecule has 0 atom stereocenters. The standard InChI is InChI=1S/C23H29FN4O/c24-21-8-4-5-9-22(21)27-14-16-28(17-15-27)23(29)19-26-12-10-25(11-13-26)18-20-6-2-1-3-7-20/h1-9H,10-19H2/p+2. The molecule has 0 bridgehead atoms. The number of amides is 1. The van der Waals surface area contributed by atoms with Crippen LogP contribution in [0.5, 0.6) is 0 Å². The molecule has 0 aromatic heterocycles. The van der Waals surface area contributed by atoms with E-state index in [1.54, 1.807) is 11.0 Å². The second kappa shape index (κ2) is 9.37. The number of benzene rings is 2. The lowest BCUT2D eigenvalue weighted by Gasteiger charge is -2.37. The highest BCUT2D eigenvalue weighted by molar-refractivity contribution is 5.77. The Hall–Kier alpha value is -2.44. The molecule has 2 heterocycles. The number of rotatable bonds is 5. The summed E-state index contributed by atoms with van der Waals surface area (Å²) in [6.07, 6.45) is 0. The summed E-state index contributed by atoms with van der Waals surface area (Å²) in [7, 11) is 0. The third-order valence-corrected chi connectivity index (χ3v) is 6.19. The normalized spacial score (nSPS) is 22.5. The van der Waals surface area contributed by atoms with Crippen LogP contribution in [-0.2, 0) is 11.3 Å². The van der Waals surface area contributed by atoms with E-state index in [2.05, 4.69) is 30.3 Å². The Kier molecular flexibility index (Phi) is 6.42. The van der Waals surface area contributed by atoms with E-state index in [0.29, 0.717) is 38.4 Å². The van der Waals surface area contributed by atoms with Gasteiger partial charge in [-0.05, 0) is 12.1 Å². The second-order valence-electron chi connectivity index (χ2n) is 8.16. The fourth-order valence-electron chi connectivity index (χ4n) is 4.43. The van der Waals surface area contributed by atoms with Gasteiger partial charge in [0.05, 0.1) is 5.69 Å². The van der Waals surface area contributed by atoms with Crippen molar-refractivity contribution in [1.29, 1.82) is 0 Å². The number of carbonyl (C=O) groups is 1. The quantitative estimate of drug-likeness (QED) is 0.709. The summed E-state index contributed by atoms with van der Waals surface area (Å²) in [6, 6.07) is 17.5. The van der Waals surface area contributed by atoms with Crippen LogP contribution in [0.3, 0.4) is 0 Å². The van der Waals surface area contributed by atoms with Crippen LogP contribution < -0.4 is 14.7 Å². The minimum atomic E-state index is -0.187. The van der Waals surface area contributed by atoms with E-state index in [4.69, 9.17) is 0 Å². The molecule has 2 aliphatic rings. The summed E-state index contributed by atoms with van der Waals surface area (Å²) >= 11 is 0. The molecule has 2 saturated heterocycles. The molecule has 0 spiro atoms. The van der Waals surface area contributed by atoms with Gasteiger partial charge in [0.25, 0.3) is 5.91 Å². The van der Waals surface area contributed by atoms with Crippen LogP contribution in [-0.4, -0.2) is 69.7 Å². The Morgan fingerprint density at radius 2 is 1.45 bits per heavy atom. The summed E-state index contributed by atoms with van der Waals surface area (Å²) in [5, 5.41) is 0. The van der Waals surface area contributed by atoms with E-state index in [9.17, 15) is 9.18 Å². The molecule has 154 valence electrons. The van der Waals surface area contributed by atoms with Crippen molar-refractivity contribution in [3.05, 3.63) is 66.0 Å². The van der Waals surface area contributed by atoms with Crippen molar-refractivity contribution in [3.63, 3.8) is 0 Å². The van der Waals surface area contributed by atoms with Crippen LogP contribution >= 0.6 is 0 Å². The van der Waals surface area contributed by atoms with Crippen LogP contribution in [0.4, 0.5) is 10.1 Å². The lowest BCUT2D eigenvalue weighted by atomic mass is 10.2. The van der Waals surface area contributed by atoms with E-state index in [1.807, 2.05) is 21.9 Å². The van der Waals surface area contributed by atoms with Gasteiger partial charge in [-0.1, -0.05) is 42.5 Å². The number of nitrogens with zero attached hydrogens (tertiary/aromatic N) is 2. The van der Waals surface area contributed by atoms with Crippen LogP contribution in [0.1, 0.15) is 5.56 Å². The van der Waals surface area contributed by atoms with Gasteiger partial charge in [-0.15, -0.1) is 0 Å². The first kappa shape index (κ1) is 19.9. The molecule has 6 heteroatoms. The molecule has 0 unspecified atom stereocenters. The molecule has 5 nitrogen and oxygen atoms in total. The highest BCUT2D eigenvalue weighted by atomic mass is 19.1. The number of para-hydroxylation sites is 1. The lowest BCUT2D eigenvalue weighted by Crippen LogP contribution is -3.28. The maximum absolute atomic E-state index is 14.0. The van der Waals surface area contributed by atoms with Gasteiger partial charge in [0.1, 0.15) is 38.5 Å². The zero-order valence-corrected chi connectivity index (χ0v) is 16.9. The molecule has 2 fully saturated rings. The first-order valence-electron chi connectivity index (χ1n) is 10.7. The van der Waals surface area contributed by atoms with Crippen molar-refractivity contribution < 1.29 is 19.0 Å². The fraction of sp³-hybridized carbons (Fsp3) is 0.435. The molecule has 2 aliphatic heterocycles. The van der Waals surface area contributed by atoms with Crippen LogP contribution in [0.2, 0.25) is 0 Å². The third-order valence-electron chi connectivity index (χ3n) is 6.19.